The Morgan fingerprint density at radius 2 is 2.32 bits per heavy atom. The van der Waals surface area contributed by atoms with E-state index < -0.39 is 4.92 Å². The van der Waals surface area contributed by atoms with E-state index in [4.69, 9.17) is 0 Å². The molecule has 2 unspecified atom stereocenters. The molecule has 7 heteroatoms. The first kappa shape index (κ1) is 14.2. The second-order valence-electron chi connectivity index (χ2n) is 4.84. The molecule has 0 amide bonds. The van der Waals surface area contributed by atoms with E-state index in [-0.39, 0.29) is 11.8 Å². The van der Waals surface area contributed by atoms with Gasteiger partial charge in [-0.1, -0.05) is 6.42 Å². The van der Waals surface area contributed by atoms with Crippen molar-refractivity contribution in [3.05, 3.63) is 27.0 Å². The van der Waals surface area contributed by atoms with Crippen molar-refractivity contribution >= 4 is 27.3 Å². The Morgan fingerprint density at radius 3 is 3.00 bits per heavy atom. The normalized spacial score (nSPS) is 23.1. The van der Waals surface area contributed by atoms with Crippen LogP contribution in [0.1, 0.15) is 25.7 Å². The first-order valence-corrected chi connectivity index (χ1v) is 7.07. The molecule has 19 heavy (non-hydrogen) atoms. The number of hydrogen-bond acceptors (Lipinski definition) is 5. The number of pyridine rings is 1. The second-order valence-corrected chi connectivity index (χ2v) is 5.69. The number of anilines is 1. The molecule has 6 nitrogen and oxygen atoms in total. The highest BCUT2D eigenvalue weighted by molar-refractivity contribution is 9.10. The summed E-state index contributed by atoms with van der Waals surface area (Å²) in [6, 6.07) is 0. The van der Waals surface area contributed by atoms with Crippen molar-refractivity contribution in [3.63, 3.8) is 0 Å². The molecule has 1 aromatic rings. The lowest BCUT2D eigenvalue weighted by Gasteiger charge is -2.26. The standard InChI is InChI=1S/C12H16BrN3O3/c13-10-6-14-7-11(16(18)19)12(10)15-5-8-2-1-3-9(17)4-8/h6-9,17H,1-5H2,(H,14,15). The van der Waals surface area contributed by atoms with Crippen LogP contribution in [0.15, 0.2) is 16.9 Å². The summed E-state index contributed by atoms with van der Waals surface area (Å²) in [6.45, 7) is 0.626. The van der Waals surface area contributed by atoms with Gasteiger partial charge < -0.3 is 10.4 Å². The minimum absolute atomic E-state index is 0.0364. The minimum atomic E-state index is -0.449. The molecule has 0 radical (unpaired) electrons. The zero-order chi connectivity index (χ0) is 13.8. The number of halogens is 1. The zero-order valence-electron chi connectivity index (χ0n) is 10.4. The van der Waals surface area contributed by atoms with Gasteiger partial charge in [-0.25, -0.2) is 0 Å². The van der Waals surface area contributed by atoms with Crippen LogP contribution in [0.4, 0.5) is 11.4 Å². The lowest BCUT2D eigenvalue weighted by molar-refractivity contribution is -0.384. The molecule has 0 aliphatic heterocycles. The van der Waals surface area contributed by atoms with Crippen LogP contribution < -0.4 is 5.32 Å². The third-order valence-electron chi connectivity index (χ3n) is 3.40. The number of nitro groups is 1. The zero-order valence-corrected chi connectivity index (χ0v) is 12.0. The Morgan fingerprint density at radius 1 is 1.53 bits per heavy atom. The molecule has 1 aliphatic carbocycles. The Kier molecular flexibility index (Phi) is 4.71. The van der Waals surface area contributed by atoms with E-state index in [0.717, 1.165) is 25.7 Å². The lowest BCUT2D eigenvalue weighted by Crippen LogP contribution is -2.25. The van der Waals surface area contributed by atoms with Crippen molar-refractivity contribution in [2.75, 3.05) is 11.9 Å². The number of nitrogens with one attached hydrogen (secondary N) is 1. The predicted octanol–water partition coefficient (Wildman–Crippen LogP) is 2.72. The van der Waals surface area contributed by atoms with E-state index in [1.54, 1.807) is 0 Å². The van der Waals surface area contributed by atoms with Gasteiger partial charge in [0.05, 0.1) is 15.5 Å². The predicted molar refractivity (Wildman–Crippen MR) is 75.0 cm³/mol. The van der Waals surface area contributed by atoms with Gasteiger partial charge in [-0.2, -0.15) is 0 Å². The highest BCUT2D eigenvalue weighted by Crippen LogP contribution is 2.32. The average molecular weight is 330 g/mol. The van der Waals surface area contributed by atoms with Crippen LogP contribution in [0.5, 0.6) is 0 Å². The van der Waals surface area contributed by atoms with E-state index in [0.29, 0.717) is 22.6 Å². The van der Waals surface area contributed by atoms with Crippen molar-refractivity contribution < 1.29 is 10.0 Å². The largest absolute Gasteiger partial charge is 0.393 e. The topological polar surface area (TPSA) is 88.3 Å². The van der Waals surface area contributed by atoms with E-state index in [2.05, 4.69) is 26.2 Å². The molecule has 1 fully saturated rings. The highest BCUT2D eigenvalue weighted by Gasteiger charge is 2.22. The first-order chi connectivity index (χ1) is 9.08. The molecule has 1 heterocycles. The fourth-order valence-corrected chi connectivity index (χ4v) is 2.89. The fourth-order valence-electron chi connectivity index (χ4n) is 2.43. The Balaban J connectivity index is 2.04. The van der Waals surface area contributed by atoms with Gasteiger partial charge in [0.15, 0.2) is 0 Å². The summed E-state index contributed by atoms with van der Waals surface area (Å²) in [4.78, 5) is 14.3. The van der Waals surface area contributed by atoms with Crippen LogP contribution >= 0.6 is 15.9 Å². The summed E-state index contributed by atoms with van der Waals surface area (Å²) in [5, 5.41) is 23.7. The maximum absolute atomic E-state index is 10.9. The molecular weight excluding hydrogens is 314 g/mol. The molecule has 0 bridgehead atoms. The van der Waals surface area contributed by atoms with Crippen LogP contribution in [-0.2, 0) is 0 Å². The number of aliphatic hydroxyl groups excluding tert-OH is 1. The van der Waals surface area contributed by atoms with Gasteiger partial charge in [0.1, 0.15) is 11.9 Å². The van der Waals surface area contributed by atoms with Gasteiger partial charge in [-0.05, 0) is 41.1 Å². The first-order valence-electron chi connectivity index (χ1n) is 6.27. The van der Waals surface area contributed by atoms with Crippen molar-refractivity contribution in [1.29, 1.82) is 0 Å². The Labute approximate surface area is 119 Å². The van der Waals surface area contributed by atoms with E-state index >= 15 is 0 Å². The molecule has 104 valence electrons. The fraction of sp³-hybridized carbons (Fsp3) is 0.583. The monoisotopic (exact) mass is 329 g/mol. The van der Waals surface area contributed by atoms with Gasteiger partial charge in [-0.15, -0.1) is 0 Å². The van der Waals surface area contributed by atoms with Crippen molar-refractivity contribution in [1.82, 2.24) is 4.98 Å². The quantitative estimate of drug-likeness (QED) is 0.655. The van der Waals surface area contributed by atoms with Crippen molar-refractivity contribution in [3.8, 4) is 0 Å². The summed E-state index contributed by atoms with van der Waals surface area (Å²) in [6.07, 6.45) is 6.19. The SMILES string of the molecule is O=[N+]([O-])c1cncc(Br)c1NCC1CCCC(O)C1. The van der Waals surface area contributed by atoms with E-state index in [9.17, 15) is 15.2 Å². The number of rotatable bonds is 4. The lowest BCUT2D eigenvalue weighted by atomic mass is 9.87. The Hall–Kier alpha value is -1.21. The maximum atomic E-state index is 10.9. The molecule has 1 aromatic heterocycles. The molecule has 2 atom stereocenters. The summed E-state index contributed by atoms with van der Waals surface area (Å²) < 4.78 is 0.582. The highest BCUT2D eigenvalue weighted by atomic mass is 79.9. The number of hydrogen-bond donors (Lipinski definition) is 2. The summed E-state index contributed by atoms with van der Waals surface area (Å²) in [5.41, 5.74) is 0.422. The summed E-state index contributed by atoms with van der Waals surface area (Å²) >= 11 is 3.27. The van der Waals surface area contributed by atoms with Crippen molar-refractivity contribution in [2.24, 2.45) is 5.92 Å². The van der Waals surface area contributed by atoms with Crippen LogP contribution in [0, 0.1) is 16.0 Å². The number of aliphatic hydroxyl groups is 1. The molecule has 2 rings (SSSR count). The molecule has 1 aliphatic rings. The van der Waals surface area contributed by atoms with Gasteiger partial charge in [0, 0.05) is 12.7 Å². The molecule has 0 aromatic carbocycles. The average Bonchev–Trinajstić information content (AvgIpc) is 2.37. The van der Waals surface area contributed by atoms with Crippen LogP contribution in [0.3, 0.4) is 0 Å². The minimum Gasteiger partial charge on any atom is -0.393 e. The van der Waals surface area contributed by atoms with Gasteiger partial charge in [0.25, 0.3) is 0 Å². The van der Waals surface area contributed by atoms with Gasteiger partial charge in [0.2, 0.25) is 0 Å². The molecule has 0 saturated heterocycles. The Bertz CT molecular complexity index is 470. The number of aromatic nitrogens is 1. The second kappa shape index (κ2) is 6.29. The van der Waals surface area contributed by atoms with E-state index in [1.165, 1.54) is 12.4 Å². The molecular formula is C12H16BrN3O3. The molecule has 1 saturated carbocycles. The smallest absolute Gasteiger partial charge is 0.311 e. The summed E-state index contributed by atoms with van der Waals surface area (Å²) in [5.74, 6) is 0.350. The van der Waals surface area contributed by atoms with Crippen LogP contribution in [-0.4, -0.2) is 27.7 Å². The molecule has 2 N–H and O–H groups in total. The maximum Gasteiger partial charge on any atom is 0.311 e. The van der Waals surface area contributed by atoms with Gasteiger partial charge in [-0.3, -0.25) is 15.1 Å². The van der Waals surface area contributed by atoms with Gasteiger partial charge >= 0.3 is 5.69 Å². The summed E-state index contributed by atoms with van der Waals surface area (Å²) in [7, 11) is 0. The van der Waals surface area contributed by atoms with Crippen LogP contribution in [0.2, 0.25) is 0 Å². The van der Waals surface area contributed by atoms with Crippen LogP contribution in [0.25, 0.3) is 0 Å². The third-order valence-corrected chi connectivity index (χ3v) is 4.00. The van der Waals surface area contributed by atoms with Crippen molar-refractivity contribution in [2.45, 2.75) is 31.8 Å². The molecule has 0 spiro atoms. The third kappa shape index (κ3) is 3.63. The van der Waals surface area contributed by atoms with E-state index in [1.807, 2.05) is 0 Å². The number of nitrogens with zero attached hydrogens (tertiary/aromatic N) is 2.